The maximum atomic E-state index is 13.4. The summed E-state index contributed by atoms with van der Waals surface area (Å²) in [5.41, 5.74) is 1.17. The number of ketones is 1. The molecule has 1 fully saturated rings. The van der Waals surface area contributed by atoms with Crippen LogP contribution in [0.15, 0.2) is 78.4 Å². The summed E-state index contributed by atoms with van der Waals surface area (Å²) >= 11 is 12.4. The molecular weight excluding hydrogens is 505 g/mol. The van der Waals surface area contributed by atoms with E-state index < -0.39 is 17.7 Å². The number of nitrogens with zero attached hydrogens (tertiary/aromatic N) is 1. The Labute approximate surface area is 218 Å². The molecular formula is C27H23Cl2NO6. The minimum atomic E-state index is -0.960. The van der Waals surface area contributed by atoms with E-state index in [9.17, 15) is 14.7 Å². The number of anilines is 1. The molecule has 1 N–H and O–H groups in total. The lowest BCUT2D eigenvalue weighted by molar-refractivity contribution is -0.132. The van der Waals surface area contributed by atoms with Crippen LogP contribution in [0.4, 0.5) is 5.69 Å². The Kier molecular flexibility index (Phi) is 8.28. The van der Waals surface area contributed by atoms with Gasteiger partial charge < -0.3 is 19.3 Å². The van der Waals surface area contributed by atoms with E-state index in [2.05, 4.69) is 0 Å². The fourth-order valence-corrected chi connectivity index (χ4v) is 4.19. The van der Waals surface area contributed by atoms with Gasteiger partial charge in [-0.15, -0.1) is 0 Å². The number of Topliss-reactive ketones (excluding diaryl/α,β-unsaturated/α-hetero) is 1. The van der Waals surface area contributed by atoms with Gasteiger partial charge in [0.25, 0.3) is 11.7 Å². The van der Waals surface area contributed by atoms with Crippen LogP contribution in [-0.2, 0) is 19.1 Å². The molecule has 0 bridgehead atoms. The molecule has 7 nitrogen and oxygen atoms in total. The molecule has 1 saturated heterocycles. The van der Waals surface area contributed by atoms with Crippen LogP contribution in [0.25, 0.3) is 5.76 Å². The topological polar surface area (TPSA) is 85.3 Å². The first-order valence-corrected chi connectivity index (χ1v) is 11.8. The first-order chi connectivity index (χ1) is 17.4. The largest absolute Gasteiger partial charge is 0.507 e. The van der Waals surface area contributed by atoms with E-state index in [1.54, 1.807) is 73.8 Å². The van der Waals surface area contributed by atoms with Gasteiger partial charge in [0.1, 0.15) is 11.5 Å². The van der Waals surface area contributed by atoms with Gasteiger partial charge in [-0.05, 0) is 35.9 Å². The van der Waals surface area contributed by atoms with Gasteiger partial charge in [-0.25, -0.2) is 0 Å². The average Bonchev–Trinajstić information content (AvgIpc) is 3.15. The van der Waals surface area contributed by atoms with Crippen molar-refractivity contribution >= 4 is 46.3 Å². The number of methoxy groups -OCH3 is 1. The molecule has 1 aliphatic rings. The van der Waals surface area contributed by atoms with Crippen LogP contribution < -0.4 is 9.64 Å². The lowest BCUT2D eigenvalue weighted by Crippen LogP contribution is -2.30. The number of hydrogen-bond acceptors (Lipinski definition) is 6. The lowest BCUT2D eigenvalue weighted by atomic mass is 9.95. The van der Waals surface area contributed by atoms with E-state index in [-0.39, 0.29) is 29.6 Å². The molecule has 1 heterocycles. The van der Waals surface area contributed by atoms with E-state index in [1.165, 1.54) is 11.0 Å². The molecule has 36 heavy (non-hydrogen) atoms. The molecule has 1 amide bonds. The number of carbonyl (C=O) groups is 2. The van der Waals surface area contributed by atoms with E-state index in [0.29, 0.717) is 34.4 Å². The van der Waals surface area contributed by atoms with Crippen LogP contribution in [0.2, 0.25) is 10.0 Å². The number of benzene rings is 3. The summed E-state index contributed by atoms with van der Waals surface area (Å²) in [6.45, 7) is 0.588. The lowest BCUT2D eigenvalue weighted by Gasteiger charge is -2.27. The Balaban J connectivity index is 1.83. The van der Waals surface area contributed by atoms with Crippen molar-refractivity contribution in [2.24, 2.45) is 0 Å². The third-order valence-corrected chi connectivity index (χ3v) is 6.07. The van der Waals surface area contributed by atoms with E-state index in [4.69, 9.17) is 37.4 Å². The second kappa shape index (κ2) is 11.6. The number of aliphatic hydroxyl groups is 1. The normalized spacial score (nSPS) is 17.0. The second-order valence-electron chi connectivity index (χ2n) is 7.86. The van der Waals surface area contributed by atoms with Crippen LogP contribution in [0.3, 0.4) is 0 Å². The second-order valence-corrected chi connectivity index (χ2v) is 8.73. The van der Waals surface area contributed by atoms with Crippen molar-refractivity contribution in [2.45, 2.75) is 6.04 Å². The maximum Gasteiger partial charge on any atom is 0.300 e. The van der Waals surface area contributed by atoms with Crippen LogP contribution in [-0.4, -0.2) is 43.9 Å². The molecule has 4 rings (SSSR count). The predicted molar refractivity (Wildman–Crippen MR) is 137 cm³/mol. The van der Waals surface area contributed by atoms with Gasteiger partial charge in [0, 0.05) is 22.7 Å². The van der Waals surface area contributed by atoms with Crippen LogP contribution in [0, 0.1) is 0 Å². The standard InChI is InChI=1S/C27H23Cl2NO6/c1-34-13-14-35-16-36-22-12-11-20(29)15-21(22)30-24(17-7-9-19(28)10-8-17)23(26(32)27(30)33)25(31)18-5-3-2-4-6-18/h2-12,15,24,31H,13-14,16H2,1H3. The van der Waals surface area contributed by atoms with E-state index in [0.717, 1.165) is 0 Å². The zero-order chi connectivity index (χ0) is 25.7. The summed E-state index contributed by atoms with van der Waals surface area (Å²) in [7, 11) is 1.56. The minimum absolute atomic E-state index is 0.0595. The van der Waals surface area contributed by atoms with Gasteiger partial charge in [0.15, 0.2) is 6.79 Å². The molecule has 9 heteroatoms. The van der Waals surface area contributed by atoms with Crippen LogP contribution in [0.1, 0.15) is 17.2 Å². The summed E-state index contributed by atoms with van der Waals surface area (Å²) in [6, 6.07) is 19.0. The summed E-state index contributed by atoms with van der Waals surface area (Å²) in [4.78, 5) is 28.0. The molecule has 0 aromatic heterocycles. The van der Waals surface area contributed by atoms with Gasteiger partial charge in [-0.1, -0.05) is 65.7 Å². The molecule has 3 aromatic carbocycles. The van der Waals surface area contributed by atoms with Crippen molar-refractivity contribution in [2.75, 3.05) is 32.0 Å². The smallest absolute Gasteiger partial charge is 0.300 e. The zero-order valence-corrected chi connectivity index (χ0v) is 20.8. The zero-order valence-electron chi connectivity index (χ0n) is 19.3. The van der Waals surface area contributed by atoms with Gasteiger partial charge in [0.2, 0.25) is 0 Å². The first-order valence-electron chi connectivity index (χ1n) is 11.0. The summed E-state index contributed by atoms with van der Waals surface area (Å²) in [5, 5.41) is 12.0. The Morgan fingerprint density at radius 3 is 2.33 bits per heavy atom. The fourth-order valence-electron chi connectivity index (χ4n) is 3.90. The van der Waals surface area contributed by atoms with Crippen molar-refractivity contribution in [3.63, 3.8) is 0 Å². The highest BCUT2D eigenvalue weighted by Gasteiger charge is 2.47. The van der Waals surface area contributed by atoms with Crippen molar-refractivity contribution in [1.82, 2.24) is 0 Å². The number of carbonyl (C=O) groups excluding carboxylic acids is 2. The molecule has 1 aliphatic heterocycles. The Bertz CT molecular complexity index is 1280. The summed E-state index contributed by atoms with van der Waals surface area (Å²) in [5.74, 6) is -1.68. The third-order valence-electron chi connectivity index (χ3n) is 5.59. The van der Waals surface area contributed by atoms with Gasteiger partial charge in [0.05, 0.1) is 30.5 Å². The van der Waals surface area contributed by atoms with Gasteiger partial charge >= 0.3 is 0 Å². The maximum absolute atomic E-state index is 13.4. The van der Waals surface area contributed by atoms with Gasteiger partial charge in [-0.3, -0.25) is 14.5 Å². The molecule has 186 valence electrons. The quantitative estimate of drug-likeness (QED) is 0.128. The van der Waals surface area contributed by atoms with Crippen molar-refractivity contribution in [3.8, 4) is 5.75 Å². The molecule has 0 spiro atoms. The number of halogens is 2. The monoisotopic (exact) mass is 527 g/mol. The number of ether oxygens (including phenoxy) is 3. The number of hydrogen-bond donors (Lipinski definition) is 1. The number of amides is 1. The highest BCUT2D eigenvalue weighted by molar-refractivity contribution is 6.52. The minimum Gasteiger partial charge on any atom is -0.507 e. The Morgan fingerprint density at radius 1 is 0.944 bits per heavy atom. The molecule has 3 aromatic rings. The molecule has 0 aliphatic carbocycles. The summed E-state index contributed by atoms with van der Waals surface area (Å²) < 4.78 is 16.1. The number of aliphatic hydroxyl groups excluding tert-OH is 1. The van der Waals surface area contributed by atoms with Gasteiger partial charge in [-0.2, -0.15) is 0 Å². The Hall–Kier alpha value is -3.36. The first kappa shape index (κ1) is 25.7. The van der Waals surface area contributed by atoms with Crippen LogP contribution in [0.5, 0.6) is 5.75 Å². The highest BCUT2D eigenvalue weighted by atomic mass is 35.5. The average molecular weight is 528 g/mol. The third kappa shape index (κ3) is 5.39. The predicted octanol–water partition coefficient (Wildman–Crippen LogP) is 5.62. The SMILES string of the molecule is COCCOCOc1ccc(Cl)cc1N1C(=O)C(=O)C(=C(O)c2ccccc2)C1c1ccc(Cl)cc1. The molecule has 1 unspecified atom stereocenters. The van der Waals surface area contributed by atoms with E-state index in [1.807, 2.05) is 0 Å². The molecule has 0 saturated carbocycles. The van der Waals surface area contributed by atoms with Crippen molar-refractivity contribution < 1.29 is 28.9 Å². The summed E-state index contributed by atoms with van der Waals surface area (Å²) in [6.07, 6.45) is 0. The molecule has 0 radical (unpaired) electrons. The van der Waals surface area contributed by atoms with Crippen molar-refractivity contribution in [3.05, 3.63) is 99.5 Å². The number of rotatable bonds is 9. The fraction of sp³-hybridized carbons (Fsp3) is 0.185. The Morgan fingerprint density at radius 2 is 1.64 bits per heavy atom. The highest BCUT2D eigenvalue weighted by Crippen LogP contribution is 2.45. The van der Waals surface area contributed by atoms with E-state index >= 15 is 0 Å². The molecule has 1 atom stereocenters. The van der Waals surface area contributed by atoms with Crippen LogP contribution >= 0.6 is 23.2 Å². The van der Waals surface area contributed by atoms with Crippen molar-refractivity contribution in [1.29, 1.82) is 0 Å².